The first-order chi connectivity index (χ1) is 11.1. The summed E-state index contributed by atoms with van der Waals surface area (Å²) in [6.07, 6.45) is 0. The van der Waals surface area contributed by atoms with Crippen LogP contribution in [0.4, 0.5) is 0 Å². The third-order valence-corrected chi connectivity index (χ3v) is 4.81. The highest BCUT2D eigenvalue weighted by atomic mass is 32.2. The Bertz CT molecular complexity index is 767. The molecule has 0 radical (unpaired) electrons. The summed E-state index contributed by atoms with van der Waals surface area (Å²) in [5, 5.41) is 0.778. The van der Waals surface area contributed by atoms with E-state index in [2.05, 4.69) is 9.97 Å². The largest absolute Gasteiger partial charge is 0.338 e. The van der Waals surface area contributed by atoms with Crippen LogP contribution < -0.4 is 0 Å². The summed E-state index contributed by atoms with van der Waals surface area (Å²) >= 11 is 1.44. The van der Waals surface area contributed by atoms with Crippen LogP contribution in [-0.4, -0.2) is 33.6 Å². The van der Waals surface area contributed by atoms with E-state index in [0.717, 1.165) is 21.8 Å². The van der Waals surface area contributed by atoms with Gasteiger partial charge in [-0.1, -0.05) is 54.2 Å². The molecule has 2 aromatic carbocycles. The molecular formula is C18H19N3OS. The van der Waals surface area contributed by atoms with Crippen molar-refractivity contribution in [1.82, 2.24) is 14.9 Å². The fourth-order valence-corrected chi connectivity index (χ4v) is 3.21. The number of H-pyrrole nitrogens is 1. The number of benzene rings is 2. The molecule has 0 aliphatic heterocycles. The number of nitrogens with zero attached hydrogens (tertiary/aromatic N) is 2. The predicted molar refractivity (Wildman–Crippen MR) is 94.4 cm³/mol. The molecule has 118 valence electrons. The predicted octanol–water partition coefficient (Wildman–Crippen LogP) is 3.87. The van der Waals surface area contributed by atoms with Crippen molar-refractivity contribution in [1.29, 1.82) is 0 Å². The van der Waals surface area contributed by atoms with Gasteiger partial charge in [0, 0.05) is 7.05 Å². The van der Waals surface area contributed by atoms with E-state index in [-0.39, 0.29) is 11.9 Å². The first-order valence-corrected chi connectivity index (χ1v) is 8.52. The molecule has 1 unspecified atom stereocenters. The third-order valence-electron chi connectivity index (χ3n) is 3.96. The molecule has 4 nitrogen and oxygen atoms in total. The van der Waals surface area contributed by atoms with Crippen LogP contribution in [0.3, 0.4) is 0 Å². The van der Waals surface area contributed by atoms with Crippen LogP contribution in [0.1, 0.15) is 18.5 Å². The van der Waals surface area contributed by atoms with Gasteiger partial charge in [0.25, 0.3) is 0 Å². The highest BCUT2D eigenvalue weighted by Gasteiger charge is 2.17. The smallest absolute Gasteiger partial charge is 0.233 e. The number of amides is 1. The Hall–Kier alpha value is -2.27. The molecule has 3 rings (SSSR count). The molecule has 1 N–H and O–H groups in total. The Kier molecular flexibility index (Phi) is 4.67. The average Bonchev–Trinajstić information content (AvgIpc) is 3.02. The van der Waals surface area contributed by atoms with E-state index < -0.39 is 0 Å². The number of fused-ring (bicyclic) bond motifs is 1. The van der Waals surface area contributed by atoms with Gasteiger partial charge in [-0.05, 0) is 24.6 Å². The van der Waals surface area contributed by atoms with Crippen molar-refractivity contribution in [3.05, 3.63) is 60.2 Å². The Balaban J connectivity index is 1.62. The molecule has 0 fully saturated rings. The Morgan fingerprint density at radius 1 is 1.17 bits per heavy atom. The van der Waals surface area contributed by atoms with Crippen molar-refractivity contribution in [3.63, 3.8) is 0 Å². The minimum absolute atomic E-state index is 0.0555. The van der Waals surface area contributed by atoms with Crippen molar-refractivity contribution in [2.45, 2.75) is 18.1 Å². The molecule has 0 spiro atoms. The SMILES string of the molecule is CC(c1ccccc1)N(C)C(=O)CSc1nc2ccccc2[nH]1. The number of aromatic amines is 1. The van der Waals surface area contributed by atoms with Crippen molar-refractivity contribution < 1.29 is 4.79 Å². The fraction of sp³-hybridized carbons (Fsp3) is 0.222. The topological polar surface area (TPSA) is 49.0 Å². The number of imidazole rings is 1. The first-order valence-electron chi connectivity index (χ1n) is 7.53. The molecule has 0 saturated carbocycles. The molecule has 5 heteroatoms. The van der Waals surface area contributed by atoms with Gasteiger partial charge in [0.2, 0.25) is 5.91 Å². The summed E-state index contributed by atoms with van der Waals surface area (Å²) in [7, 11) is 1.85. The molecule has 1 heterocycles. The van der Waals surface area contributed by atoms with Crippen molar-refractivity contribution in [2.24, 2.45) is 0 Å². The van der Waals surface area contributed by atoms with E-state index in [1.165, 1.54) is 11.8 Å². The van der Waals surface area contributed by atoms with Crippen molar-refractivity contribution in [3.8, 4) is 0 Å². The average molecular weight is 325 g/mol. The summed E-state index contributed by atoms with van der Waals surface area (Å²) in [4.78, 5) is 21.9. The van der Waals surface area contributed by atoms with Gasteiger partial charge in [-0.2, -0.15) is 0 Å². The van der Waals surface area contributed by atoms with Crippen LogP contribution in [0.25, 0.3) is 11.0 Å². The zero-order valence-electron chi connectivity index (χ0n) is 13.2. The Morgan fingerprint density at radius 2 is 1.87 bits per heavy atom. The van der Waals surface area contributed by atoms with Crippen LogP contribution >= 0.6 is 11.8 Å². The monoisotopic (exact) mass is 325 g/mol. The zero-order chi connectivity index (χ0) is 16.2. The van der Waals surface area contributed by atoms with Gasteiger partial charge in [0.15, 0.2) is 5.16 Å². The standard InChI is InChI=1S/C18H19N3OS/c1-13(14-8-4-3-5-9-14)21(2)17(22)12-23-18-19-15-10-6-7-11-16(15)20-18/h3-11,13H,12H2,1-2H3,(H,19,20). The maximum absolute atomic E-state index is 12.4. The van der Waals surface area contributed by atoms with E-state index >= 15 is 0 Å². The number of rotatable bonds is 5. The minimum Gasteiger partial charge on any atom is -0.338 e. The number of carbonyl (C=O) groups excluding carboxylic acids is 1. The molecule has 0 aliphatic carbocycles. The van der Waals surface area contributed by atoms with E-state index in [0.29, 0.717) is 5.75 Å². The molecule has 23 heavy (non-hydrogen) atoms. The molecule has 1 amide bonds. The second-order valence-corrected chi connectivity index (χ2v) is 6.40. The van der Waals surface area contributed by atoms with Crippen molar-refractivity contribution >= 4 is 28.7 Å². The maximum Gasteiger partial charge on any atom is 0.233 e. The number of para-hydroxylation sites is 2. The van der Waals surface area contributed by atoms with Gasteiger partial charge in [0.1, 0.15) is 0 Å². The molecule has 1 atom stereocenters. The summed E-state index contributed by atoms with van der Waals surface area (Å²) in [6, 6.07) is 18.0. The third kappa shape index (κ3) is 3.56. The highest BCUT2D eigenvalue weighted by molar-refractivity contribution is 7.99. The van der Waals surface area contributed by atoms with Crippen molar-refractivity contribution in [2.75, 3.05) is 12.8 Å². The van der Waals surface area contributed by atoms with E-state index in [1.54, 1.807) is 4.90 Å². The summed E-state index contributed by atoms with van der Waals surface area (Å²) in [6.45, 7) is 2.04. The van der Waals surface area contributed by atoms with Crippen LogP contribution in [0.2, 0.25) is 0 Å². The molecule has 3 aromatic rings. The molecule has 1 aromatic heterocycles. The molecule has 0 bridgehead atoms. The summed E-state index contributed by atoms with van der Waals surface area (Å²) in [5.74, 6) is 0.458. The number of hydrogen-bond acceptors (Lipinski definition) is 3. The number of carbonyl (C=O) groups is 1. The number of thioether (sulfide) groups is 1. The van der Waals surface area contributed by atoms with Crippen LogP contribution in [-0.2, 0) is 4.79 Å². The van der Waals surface area contributed by atoms with Gasteiger partial charge in [-0.3, -0.25) is 4.79 Å². The lowest BCUT2D eigenvalue weighted by Crippen LogP contribution is -2.31. The summed E-state index contributed by atoms with van der Waals surface area (Å²) in [5.41, 5.74) is 3.05. The lowest BCUT2D eigenvalue weighted by molar-refractivity contribution is -0.128. The van der Waals surface area contributed by atoms with Gasteiger partial charge < -0.3 is 9.88 Å². The second-order valence-electron chi connectivity index (χ2n) is 5.44. The molecular weight excluding hydrogens is 306 g/mol. The quantitative estimate of drug-likeness (QED) is 0.724. The molecule has 0 aliphatic rings. The molecule has 0 saturated heterocycles. The Morgan fingerprint density at radius 3 is 2.61 bits per heavy atom. The number of hydrogen-bond donors (Lipinski definition) is 1. The fourth-order valence-electron chi connectivity index (χ4n) is 2.40. The van der Waals surface area contributed by atoms with Gasteiger partial charge >= 0.3 is 0 Å². The number of aromatic nitrogens is 2. The van der Waals surface area contributed by atoms with Crippen LogP contribution in [0, 0.1) is 0 Å². The maximum atomic E-state index is 12.4. The minimum atomic E-state index is 0.0555. The van der Waals surface area contributed by atoms with E-state index in [9.17, 15) is 4.79 Å². The van der Waals surface area contributed by atoms with E-state index in [4.69, 9.17) is 0 Å². The Labute approximate surface area is 139 Å². The zero-order valence-corrected chi connectivity index (χ0v) is 14.0. The lowest BCUT2D eigenvalue weighted by Gasteiger charge is -2.25. The number of nitrogens with one attached hydrogen (secondary N) is 1. The van der Waals surface area contributed by atoms with Gasteiger partial charge in [-0.25, -0.2) is 4.98 Å². The van der Waals surface area contributed by atoms with Gasteiger partial charge in [0.05, 0.1) is 22.8 Å². The van der Waals surface area contributed by atoms with Crippen LogP contribution in [0.5, 0.6) is 0 Å². The van der Waals surface area contributed by atoms with Gasteiger partial charge in [-0.15, -0.1) is 0 Å². The highest BCUT2D eigenvalue weighted by Crippen LogP contribution is 2.22. The lowest BCUT2D eigenvalue weighted by atomic mass is 10.1. The first kappa shape index (κ1) is 15.6. The second kappa shape index (κ2) is 6.87. The normalized spacial score (nSPS) is 12.3. The summed E-state index contributed by atoms with van der Waals surface area (Å²) < 4.78 is 0. The van der Waals surface area contributed by atoms with E-state index in [1.807, 2.05) is 68.6 Å². The van der Waals surface area contributed by atoms with Crippen LogP contribution in [0.15, 0.2) is 59.8 Å².